The monoisotopic (exact) mass is 389 g/mol. The molecule has 0 aliphatic heterocycles. The van der Waals surface area contributed by atoms with Crippen LogP contribution in [0.1, 0.15) is 27.2 Å². The quantitative estimate of drug-likeness (QED) is 0.322. The third kappa shape index (κ3) is 4.99. The zero-order valence-corrected chi connectivity index (χ0v) is 16.3. The van der Waals surface area contributed by atoms with Gasteiger partial charge >= 0.3 is 0 Å². The molecule has 148 valence electrons. The first-order valence-electron chi connectivity index (χ1n) is 9.32. The molecule has 0 N–H and O–H groups in total. The predicted molar refractivity (Wildman–Crippen MR) is 113 cm³/mol. The van der Waals surface area contributed by atoms with E-state index < -0.39 is 4.92 Å². The highest BCUT2D eigenvalue weighted by molar-refractivity contribution is 5.94. The summed E-state index contributed by atoms with van der Waals surface area (Å²) in [6.07, 6.45) is 3.68. The molecule has 1 heterocycles. The first kappa shape index (κ1) is 20.1. The summed E-state index contributed by atoms with van der Waals surface area (Å²) in [5.74, 6) is -0.192. The Morgan fingerprint density at radius 1 is 1.17 bits per heavy atom. The molecule has 29 heavy (non-hydrogen) atoms. The fourth-order valence-corrected chi connectivity index (χ4v) is 3.23. The zero-order chi connectivity index (χ0) is 20.8. The van der Waals surface area contributed by atoms with Gasteiger partial charge in [-0.2, -0.15) is 0 Å². The molecule has 1 amide bonds. The van der Waals surface area contributed by atoms with Crippen molar-refractivity contribution in [1.82, 2.24) is 9.47 Å². The molecule has 0 unspecified atom stereocenters. The minimum Gasteiger partial charge on any atom is -0.345 e. The normalized spacial score (nSPS) is 10.5. The Labute approximate surface area is 169 Å². The van der Waals surface area contributed by atoms with Crippen LogP contribution in [0.4, 0.5) is 5.69 Å². The van der Waals surface area contributed by atoms with E-state index in [0.717, 1.165) is 12.2 Å². The van der Waals surface area contributed by atoms with E-state index in [-0.39, 0.29) is 11.6 Å². The first-order chi connectivity index (χ1) is 14.0. The number of carbonyl (C=O) groups excluding carboxylic acids is 1. The van der Waals surface area contributed by atoms with Crippen LogP contribution in [0, 0.1) is 17.0 Å². The highest BCUT2D eigenvalue weighted by Crippen LogP contribution is 2.16. The second-order valence-corrected chi connectivity index (χ2v) is 6.89. The van der Waals surface area contributed by atoms with Crippen LogP contribution in [-0.4, -0.2) is 26.8 Å². The van der Waals surface area contributed by atoms with Gasteiger partial charge in [0.25, 0.3) is 11.6 Å². The molecular formula is C23H23N3O3. The molecule has 3 aromatic rings. The predicted octanol–water partition coefficient (Wildman–Crippen LogP) is 4.58. The summed E-state index contributed by atoms with van der Waals surface area (Å²) in [6, 6.07) is 18.0. The van der Waals surface area contributed by atoms with E-state index in [1.165, 1.54) is 35.4 Å². The Morgan fingerprint density at radius 3 is 2.59 bits per heavy atom. The molecule has 0 fully saturated rings. The summed E-state index contributed by atoms with van der Waals surface area (Å²) in [7, 11) is 0. The van der Waals surface area contributed by atoms with E-state index in [1.54, 1.807) is 11.0 Å². The SMILES string of the molecule is C=CCN(Cc1cccn1Cc1cccc(C)c1)C(=O)c1ccc([N+](=O)[O-])cc1. The van der Waals surface area contributed by atoms with Crippen LogP contribution in [0.25, 0.3) is 0 Å². The number of carbonyl (C=O) groups is 1. The number of aromatic nitrogens is 1. The molecule has 2 aromatic carbocycles. The lowest BCUT2D eigenvalue weighted by Gasteiger charge is -2.22. The molecule has 0 bridgehead atoms. The number of hydrogen-bond donors (Lipinski definition) is 0. The maximum atomic E-state index is 13.0. The molecule has 1 aromatic heterocycles. The van der Waals surface area contributed by atoms with Crippen molar-refractivity contribution in [1.29, 1.82) is 0 Å². The Balaban J connectivity index is 1.79. The minimum atomic E-state index is -0.478. The van der Waals surface area contributed by atoms with Crippen LogP contribution in [-0.2, 0) is 13.1 Å². The van der Waals surface area contributed by atoms with Gasteiger partial charge in [0.1, 0.15) is 0 Å². The average molecular weight is 389 g/mol. The van der Waals surface area contributed by atoms with E-state index in [0.29, 0.717) is 18.7 Å². The van der Waals surface area contributed by atoms with Crippen molar-refractivity contribution >= 4 is 11.6 Å². The summed E-state index contributed by atoms with van der Waals surface area (Å²) in [5, 5.41) is 10.8. The van der Waals surface area contributed by atoms with Gasteiger partial charge in [-0.1, -0.05) is 35.9 Å². The lowest BCUT2D eigenvalue weighted by Crippen LogP contribution is -2.31. The van der Waals surface area contributed by atoms with Gasteiger partial charge in [0.15, 0.2) is 0 Å². The second-order valence-electron chi connectivity index (χ2n) is 6.89. The van der Waals surface area contributed by atoms with Gasteiger partial charge in [-0.3, -0.25) is 14.9 Å². The van der Waals surface area contributed by atoms with Crippen molar-refractivity contribution in [3.05, 3.63) is 112 Å². The molecule has 0 saturated carbocycles. The first-order valence-corrected chi connectivity index (χ1v) is 9.32. The zero-order valence-electron chi connectivity index (χ0n) is 16.3. The summed E-state index contributed by atoms with van der Waals surface area (Å²) in [6.45, 7) is 7.33. The van der Waals surface area contributed by atoms with Crippen molar-refractivity contribution in [2.24, 2.45) is 0 Å². The number of rotatable bonds is 8. The van der Waals surface area contributed by atoms with Gasteiger partial charge in [0.05, 0.1) is 11.5 Å². The lowest BCUT2D eigenvalue weighted by molar-refractivity contribution is -0.384. The summed E-state index contributed by atoms with van der Waals surface area (Å²) < 4.78 is 2.12. The Bertz CT molecular complexity index is 1020. The van der Waals surface area contributed by atoms with Crippen molar-refractivity contribution in [3.8, 4) is 0 Å². The molecule has 0 atom stereocenters. The van der Waals surface area contributed by atoms with Crippen molar-refractivity contribution in [3.63, 3.8) is 0 Å². The maximum Gasteiger partial charge on any atom is 0.269 e. The van der Waals surface area contributed by atoms with E-state index in [1.807, 2.05) is 24.4 Å². The molecule has 6 heteroatoms. The smallest absolute Gasteiger partial charge is 0.269 e. The Kier molecular flexibility index (Phi) is 6.24. The Morgan fingerprint density at radius 2 is 1.93 bits per heavy atom. The van der Waals surface area contributed by atoms with Gasteiger partial charge in [0.2, 0.25) is 0 Å². The Hall–Kier alpha value is -3.67. The fourth-order valence-electron chi connectivity index (χ4n) is 3.23. The molecule has 6 nitrogen and oxygen atoms in total. The lowest BCUT2D eigenvalue weighted by atomic mass is 10.1. The third-order valence-electron chi connectivity index (χ3n) is 4.67. The van der Waals surface area contributed by atoms with Crippen molar-refractivity contribution < 1.29 is 9.72 Å². The van der Waals surface area contributed by atoms with Crippen LogP contribution < -0.4 is 0 Å². The molecule has 0 aliphatic rings. The van der Waals surface area contributed by atoms with E-state index in [9.17, 15) is 14.9 Å². The summed E-state index contributed by atoms with van der Waals surface area (Å²) in [4.78, 5) is 25.0. The van der Waals surface area contributed by atoms with E-state index in [4.69, 9.17) is 0 Å². The maximum absolute atomic E-state index is 13.0. The van der Waals surface area contributed by atoms with Crippen molar-refractivity contribution in [2.45, 2.75) is 20.0 Å². The van der Waals surface area contributed by atoms with Crippen LogP contribution in [0.15, 0.2) is 79.5 Å². The van der Waals surface area contributed by atoms with Gasteiger partial charge in [-0.25, -0.2) is 0 Å². The molecule has 0 radical (unpaired) electrons. The largest absolute Gasteiger partial charge is 0.345 e. The molecule has 0 spiro atoms. The van der Waals surface area contributed by atoms with E-state index >= 15 is 0 Å². The third-order valence-corrected chi connectivity index (χ3v) is 4.67. The number of nitro groups is 1. The van der Waals surface area contributed by atoms with Crippen LogP contribution in [0.3, 0.4) is 0 Å². The fraction of sp³-hybridized carbons (Fsp3) is 0.174. The number of benzene rings is 2. The number of non-ortho nitro benzene ring substituents is 1. The van der Waals surface area contributed by atoms with Gasteiger partial charge < -0.3 is 9.47 Å². The second kappa shape index (κ2) is 9.01. The van der Waals surface area contributed by atoms with Crippen LogP contribution in [0.2, 0.25) is 0 Å². The highest BCUT2D eigenvalue weighted by atomic mass is 16.6. The van der Waals surface area contributed by atoms with Crippen molar-refractivity contribution in [2.75, 3.05) is 6.54 Å². The topological polar surface area (TPSA) is 68.4 Å². The van der Waals surface area contributed by atoms with Gasteiger partial charge in [-0.15, -0.1) is 6.58 Å². The molecule has 3 rings (SSSR count). The molecular weight excluding hydrogens is 366 g/mol. The number of aryl methyl sites for hydroxylation is 1. The molecule has 0 saturated heterocycles. The van der Waals surface area contributed by atoms with Gasteiger partial charge in [0, 0.05) is 42.7 Å². The number of hydrogen-bond acceptors (Lipinski definition) is 3. The number of nitro benzene ring substituents is 1. The van der Waals surface area contributed by atoms with Gasteiger partial charge in [-0.05, 0) is 36.8 Å². The molecule has 0 aliphatic carbocycles. The van der Waals surface area contributed by atoms with Crippen LogP contribution >= 0.6 is 0 Å². The number of amides is 1. The van der Waals surface area contributed by atoms with Crippen LogP contribution in [0.5, 0.6) is 0 Å². The summed E-state index contributed by atoms with van der Waals surface area (Å²) in [5.41, 5.74) is 3.78. The summed E-state index contributed by atoms with van der Waals surface area (Å²) >= 11 is 0. The highest BCUT2D eigenvalue weighted by Gasteiger charge is 2.18. The number of nitrogens with zero attached hydrogens (tertiary/aromatic N) is 3. The van der Waals surface area contributed by atoms with E-state index in [2.05, 4.69) is 36.3 Å². The average Bonchev–Trinajstić information content (AvgIpc) is 3.14. The standard InChI is InChI=1S/C23H23N3O3/c1-3-13-25(23(27)20-9-11-21(12-10-20)26(28)29)17-22-8-5-14-24(22)16-19-7-4-6-18(2)15-19/h3-12,14-15H,1,13,16-17H2,2H3. The minimum absolute atomic E-state index is 0.0381.